The van der Waals surface area contributed by atoms with Crippen LogP contribution in [0.5, 0.6) is 0 Å². The molecule has 0 bridgehead atoms. The van der Waals surface area contributed by atoms with Crippen molar-refractivity contribution in [3.8, 4) is 22.5 Å². The summed E-state index contributed by atoms with van der Waals surface area (Å²) in [7, 11) is 1.39. The van der Waals surface area contributed by atoms with Crippen LogP contribution in [-0.2, 0) is 0 Å². The monoisotopic (exact) mass is 454 g/mol. The highest BCUT2D eigenvalue weighted by atomic mass is 19.2. The second-order valence-corrected chi connectivity index (χ2v) is 6.92. The molecule has 0 aliphatic carbocycles. The molecule has 0 fully saturated rings. The lowest BCUT2D eigenvalue weighted by atomic mass is 10.1. The van der Waals surface area contributed by atoms with Crippen molar-refractivity contribution in [2.45, 2.75) is 0 Å². The standard InChI is InChI=1S/C24H15F5N4/c1-33(30-13-16-19(25)21(27)23(29)22(28)20(16)26)24-31-17(14-8-4-2-5-9-14)12-18(32-24)15-10-6-3-7-11-15/h2-13H,1H3. The molecule has 4 nitrogen and oxygen atoms in total. The highest BCUT2D eigenvalue weighted by Crippen LogP contribution is 2.26. The molecule has 0 atom stereocenters. The molecule has 9 heteroatoms. The first-order valence-electron chi connectivity index (χ1n) is 9.66. The average Bonchev–Trinajstić information content (AvgIpc) is 2.87. The molecule has 3 aromatic carbocycles. The van der Waals surface area contributed by atoms with E-state index in [1.807, 2.05) is 60.7 Å². The van der Waals surface area contributed by atoms with Crippen LogP contribution >= 0.6 is 0 Å². The van der Waals surface area contributed by atoms with Gasteiger partial charge in [0.25, 0.3) is 0 Å². The maximum Gasteiger partial charge on any atom is 0.247 e. The summed E-state index contributed by atoms with van der Waals surface area (Å²) in [5.74, 6) is -10.2. The van der Waals surface area contributed by atoms with Crippen LogP contribution in [-0.4, -0.2) is 23.2 Å². The van der Waals surface area contributed by atoms with E-state index >= 15 is 0 Å². The third kappa shape index (κ3) is 4.43. The van der Waals surface area contributed by atoms with Gasteiger partial charge in [-0.25, -0.2) is 36.9 Å². The van der Waals surface area contributed by atoms with Gasteiger partial charge in [0.05, 0.1) is 23.2 Å². The van der Waals surface area contributed by atoms with Crippen molar-refractivity contribution in [1.29, 1.82) is 0 Å². The Morgan fingerprint density at radius 3 is 1.55 bits per heavy atom. The Morgan fingerprint density at radius 2 is 1.09 bits per heavy atom. The van der Waals surface area contributed by atoms with Crippen LogP contribution in [0.2, 0.25) is 0 Å². The van der Waals surface area contributed by atoms with Gasteiger partial charge >= 0.3 is 0 Å². The van der Waals surface area contributed by atoms with Crippen molar-refractivity contribution < 1.29 is 22.0 Å². The molecule has 0 amide bonds. The predicted molar refractivity (Wildman–Crippen MR) is 115 cm³/mol. The molecule has 0 unspecified atom stereocenters. The summed E-state index contributed by atoms with van der Waals surface area (Å²) >= 11 is 0. The van der Waals surface area contributed by atoms with E-state index in [0.29, 0.717) is 17.6 Å². The molecule has 0 aliphatic heterocycles. The van der Waals surface area contributed by atoms with E-state index in [4.69, 9.17) is 0 Å². The molecule has 4 aromatic rings. The number of rotatable bonds is 5. The fourth-order valence-corrected chi connectivity index (χ4v) is 3.02. The number of hydrogen-bond donors (Lipinski definition) is 0. The van der Waals surface area contributed by atoms with Gasteiger partial charge in [-0.3, -0.25) is 0 Å². The fourth-order valence-electron chi connectivity index (χ4n) is 3.02. The molecule has 0 aliphatic rings. The van der Waals surface area contributed by atoms with Crippen LogP contribution < -0.4 is 5.01 Å². The minimum absolute atomic E-state index is 0.0512. The lowest BCUT2D eigenvalue weighted by molar-refractivity contribution is 0.377. The largest absolute Gasteiger partial charge is 0.247 e. The highest BCUT2D eigenvalue weighted by molar-refractivity contribution is 5.81. The van der Waals surface area contributed by atoms with E-state index in [1.165, 1.54) is 7.05 Å². The Hall–Kier alpha value is -4.14. The Kier molecular flexibility index (Phi) is 6.12. The van der Waals surface area contributed by atoms with Gasteiger partial charge in [-0.1, -0.05) is 60.7 Å². The number of anilines is 1. The molecule has 4 rings (SSSR count). The van der Waals surface area contributed by atoms with Crippen molar-refractivity contribution in [2.24, 2.45) is 5.10 Å². The molecule has 0 saturated heterocycles. The second-order valence-electron chi connectivity index (χ2n) is 6.92. The van der Waals surface area contributed by atoms with E-state index in [9.17, 15) is 22.0 Å². The van der Waals surface area contributed by atoms with Crippen molar-refractivity contribution in [1.82, 2.24) is 9.97 Å². The summed E-state index contributed by atoms with van der Waals surface area (Å²) in [5.41, 5.74) is 1.52. The van der Waals surface area contributed by atoms with Gasteiger partial charge in [-0.05, 0) is 6.07 Å². The van der Waals surface area contributed by atoms with Crippen molar-refractivity contribution in [3.63, 3.8) is 0 Å². The molecule has 0 N–H and O–H groups in total. The normalized spacial score (nSPS) is 11.2. The van der Waals surface area contributed by atoms with Gasteiger partial charge in [0.15, 0.2) is 23.3 Å². The van der Waals surface area contributed by atoms with E-state index in [0.717, 1.165) is 16.1 Å². The van der Waals surface area contributed by atoms with E-state index in [-0.39, 0.29) is 5.95 Å². The quantitative estimate of drug-likeness (QED) is 0.123. The lowest BCUT2D eigenvalue weighted by Gasteiger charge is -2.14. The smallest absolute Gasteiger partial charge is 0.235 e. The number of aromatic nitrogens is 2. The van der Waals surface area contributed by atoms with Crippen LogP contribution in [0, 0.1) is 29.1 Å². The Morgan fingerprint density at radius 1 is 0.667 bits per heavy atom. The topological polar surface area (TPSA) is 41.4 Å². The molecule has 0 saturated carbocycles. The summed E-state index contributed by atoms with van der Waals surface area (Å²) < 4.78 is 68.1. The lowest BCUT2D eigenvalue weighted by Crippen LogP contribution is -2.15. The van der Waals surface area contributed by atoms with Crippen LogP contribution in [0.1, 0.15) is 5.56 Å². The predicted octanol–water partition coefficient (Wildman–Crippen LogP) is 5.98. The Bertz CT molecular complexity index is 1240. The number of nitrogens with zero attached hydrogens (tertiary/aromatic N) is 4. The molecule has 0 radical (unpaired) electrons. The van der Waals surface area contributed by atoms with Gasteiger partial charge < -0.3 is 0 Å². The van der Waals surface area contributed by atoms with Crippen LogP contribution in [0.4, 0.5) is 27.9 Å². The zero-order valence-electron chi connectivity index (χ0n) is 17.1. The minimum atomic E-state index is -2.23. The third-order valence-corrected chi connectivity index (χ3v) is 4.75. The summed E-state index contributed by atoms with van der Waals surface area (Å²) in [6.45, 7) is 0. The van der Waals surface area contributed by atoms with Crippen molar-refractivity contribution in [2.75, 3.05) is 12.1 Å². The summed E-state index contributed by atoms with van der Waals surface area (Å²) in [6.07, 6.45) is 0.539. The number of halogens is 5. The number of hydrazone groups is 1. The Balaban J connectivity index is 1.77. The molecular weight excluding hydrogens is 439 g/mol. The molecule has 0 spiro atoms. The first-order chi connectivity index (χ1) is 15.9. The summed E-state index contributed by atoms with van der Waals surface area (Å²) in [4.78, 5) is 8.88. The Labute approximate surface area is 185 Å². The molecule has 33 heavy (non-hydrogen) atoms. The van der Waals surface area contributed by atoms with Gasteiger partial charge in [-0.15, -0.1) is 0 Å². The SMILES string of the molecule is CN(N=Cc1c(F)c(F)c(F)c(F)c1F)c1nc(-c2ccccc2)cc(-c2ccccc2)n1. The van der Waals surface area contributed by atoms with Crippen molar-refractivity contribution in [3.05, 3.63) is 101 Å². The zero-order valence-corrected chi connectivity index (χ0v) is 17.1. The highest BCUT2D eigenvalue weighted by Gasteiger charge is 2.25. The van der Waals surface area contributed by atoms with Gasteiger partial charge in [0, 0.05) is 18.2 Å². The van der Waals surface area contributed by atoms with E-state index in [1.54, 1.807) is 6.07 Å². The van der Waals surface area contributed by atoms with E-state index < -0.39 is 34.6 Å². The molecule has 1 aromatic heterocycles. The summed E-state index contributed by atoms with van der Waals surface area (Å²) in [6, 6.07) is 20.2. The van der Waals surface area contributed by atoms with Crippen LogP contribution in [0.25, 0.3) is 22.5 Å². The third-order valence-electron chi connectivity index (χ3n) is 4.75. The maximum absolute atomic E-state index is 14.0. The van der Waals surface area contributed by atoms with Crippen LogP contribution in [0.15, 0.2) is 71.8 Å². The fraction of sp³-hybridized carbons (Fsp3) is 0.0417. The molecular formula is C24H15F5N4. The zero-order chi connectivity index (χ0) is 23.5. The maximum atomic E-state index is 14.0. The van der Waals surface area contributed by atoms with E-state index in [2.05, 4.69) is 15.1 Å². The van der Waals surface area contributed by atoms with Crippen molar-refractivity contribution >= 4 is 12.2 Å². The first-order valence-corrected chi connectivity index (χ1v) is 9.66. The van der Waals surface area contributed by atoms with Gasteiger partial charge in [0.1, 0.15) is 0 Å². The number of benzene rings is 3. The first kappa shape index (κ1) is 22.1. The van der Waals surface area contributed by atoms with Crippen LogP contribution in [0.3, 0.4) is 0 Å². The number of hydrogen-bond acceptors (Lipinski definition) is 4. The second kappa shape index (κ2) is 9.15. The van der Waals surface area contributed by atoms with Gasteiger partial charge in [0.2, 0.25) is 11.8 Å². The average molecular weight is 454 g/mol. The summed E-state index contributed by atoms with van der Waals surface area (Å²) in [5, 5.41) is 4.90. The molecule has 1 heterocycles. The molecule has 166 valence electrons. The minimum Gasteiger partial charge on any atom is -0.235 e. The van der Waals surface area contributed by atoms with Gasteiger partial charge in [-0.2, -0.15) is 5.10 Å².